The molecule has 7 nitrogen and oxygen atoms in total. The zero-order chi connectivity index (χ0) is 24.7. The Kier molecular flexibility index (Phi) is 6.15. The quantitative estimate of drug-likeness (QED) is 0.384. The number of nitrogens with zero attached hydrogens (tertiary/aromatic N) is 1. The Morgan fingerprint density at radius 2 is 1.69 bits per heavy atom. The van der Waals surface area contributed by atoms with Gasteiger partial charge in [0, 0.05) is 30.6 Å². The monoisotopic (exact) mass is 493 g/mol. The number of ether oxygens (including phenoxy) is 2. The van der Waals surface area contributed by atoms with Gasteiger partial charge in [0.1, 0.15) is 10.6 Å². The Bertz CT molecular complexity index is 1360. The molecule has 0 saturated heterocycles. The van der Waals surface area contributed by atoms with E-state index in [1.165, 1.54) is 30.4 Å². The molecule has 0 N–H and O–H groups in total. The molecular formula is C26H28BNO6S. The normalized spacial score (nSPS) is 19.2. The molecule has 182 valence electrons. The van der Waals surface area contributed by atoms with E-state index in [0.717, 1.165) is 29.8 Å². The lowest BCUT2D eigenvalue weighted by molar-refractivity contribution is 0.137. The van der Waals surface area contributed by atoms with E-state index >= 15 is 0 Å². The Balaban J connectivity index is 1.59. The van der Waals surface area contributed by atoms with Crippen LogP contribution in [0, 0.1) is 0 Å². The molecule has 2 aliphatic heterocycles. The molecule has 0 bridgehead atoms. The summed E-state index contributed by atoms with van der Waals surface area (Å²) < 4.78 is 48.6. The van der Waals surface area contributed by atoms with E-state index in [4.69, 9.17) is 18.3 Å². The van der Waals surface area contributed by atoms with Crippen LogP contribution in [0.5, 0.6) is 23.0 Å². The van der Waals surface area contributed by atoms with E-state index in [2.05, 4.69) is 24.0 Å². The maximum atomic E-state index is 13.1. The predicted molar refractivity (Wildman–Crippen MR) is 135 cm³/mol. The van der Waals surface area contributed by atoms with Gasteiger partial charge in [-0.25, -0.2) is 0 Å². The van der Waals surface area contributed by atoms with Crippen LogP contribution in [0.4, 0.5) is 0 Å². The summed E-state index contributed by atoms with van der Waals surface area (Å²) >= 11 is 0. The second kappa shape index (κ2) is 9.13. The molecule has 2 unspecified atom stereocenters. The fourth-order valence-electron chi connectivity index (χ4n) is 5.37. The highest BCUT2D eigenvalue weighted by molar-refractivity contribution is 7.87. The fraction of sp³-hybridized carbons (Fsp3) is 0.308. The smallest absolute Gasteiger partial charge is 0.339 e. The van der Waals surface area contributed by atoms with Gasteiger partial charge in [0.2, 0.25) is 0 Å². The molecule has 0 saturated carbocycles. The Morgan fingerprint density at radius 3 is 2.37 bits per heavy atom. The van der Waals surface area contributed by atoms with E-state index in [9.17, 15) is 8.42 Å². The molecule has 3 aromatic carbocycles. The molecule has 0 amide bonds. The molecule has 3 aromatic rings. The van der Waals surface area contributed by atoms with Crippen LogP contribution in [0.1, 0.15) is 41.1 Å². The maximum absolute atomic E-state index is 13.1. The Morgan fingerprint density at radius 1 is 0.943 bits per heavy atom. The van der Waals surface area contributed by atoms with E-state index in [1.54, 1.807) is 39.4 Å². The second-order valence-corrected chi connectivity index (χ2v) is 10.4. The summed E-state index contributed by atoms with van der Waals surface area (Å²) in [6.07, 6.45) is 0.858. The summed E-state index contributed by atoms with van der Waals surface area (Å²) in [6.45, 7) is 3.55. The van der Waals surface area contributed by atoms with Gasteiger partial charge >= 0.3 is 18.2 Å². The van der Waals surface area contributed by atoms with E-state index in [-0.39, 0.29) is 22.6 Å². The first kappa shape index (κ1) is 23.6. The van der Waals surface area contributed by atoms with Crippen LogP contribution < -0.4 is 18.3 Å². The third kappa shape index (κ3) is 4.02. The molecule has 5 rings (SSSR count). The lowest BCUT2D eigenvalue weighted by atomic mass is 9.77. The molecule has 2 atom stereocenters. The maximum Gasteiger partial charge on any atom is 0.339 e. The van der Waals surface area contributed by atoms with Crippen LogP contribution in [0.15, 0.2) is 59.5 Å². The summed E-state index contributed by atoms with van der Waals surface area (Å²) in [5.41, 5.74) is 4.35. The van der Waals surface area contributed by atoms with Gasteiger partial charge in [-0.1, -0.05) is 31.2 Å². The van der Waals surface area contributed by atoms with Gasteiger partial charge in [-0.3, -0.25) is 4.90 Å². The van der Waals surface area contributed by atoms with Crippen LogP contribution >= 0.6 is 0 Å². The first-order chi connectivity index (χ1) is 16.9. The van der Waals surface area contributed by atoms with Crippen molar-refractivity contribution in [2.45, 2.75) is 36.7 Å². The number of fused-ring (bicyclic) bond motifs is 4. The van der Waals surface area contributed by atoms with Crippen molar-refractivity contribution in [3.05, 3.63) is 76.9 Å². The standard InChI is InChI=1S/C26H28BNO6S/c1-16-19-9-10-22(31-2)26(34-35(29,30)18-7-5-4-6-8-18)21(19)15-28-12-11-17-13-23(32-3)24(33-27)14-20(17)25(16)28/h4-10,13-14,16,25H,11-12,15,27H2,1-3H3. The Hall–Kier alpha value is -3.17. The molecule has 2 aliphatic rings. The van der Waals surface area contributed by atoms with Crippen LogP contribution in [0.3, 0.4) is 0 Å². The van der Waals surface area contributed by atoms with Crippen molar-refractivity contribution in [3.63, 3.8) is 0 Å². The van der Waals surface area contributed by atoms with Gasteiger partial charge in [-0.15, -0.1) is 0 Å². The SMILES string of the molecule is BOc1cc2c(cc1OC)CCN1Cc3c(ccc(OC)c3OS(=O)(=O)c3ccccc3)C(C)C21. The summed E-state index contributed by atoms with van der Waals surface area (Å²) in [7, 11) is 0.799. The van der Waals surface area contributed by atoms with Crippen LogP contribution in [0.25, 0.3) is 0 Å². The van der Waals surface area contributed by atoms with E-state index in [0.29, 0.717) is 18.0 Å². The highest BCUT2D eigenvalue weighted by Gasteiger charge is 2.40. The topological polar surface area (TPSA) is 74.3 Å². The van der Waals surface area contributed by atoms with Crippen molar-refractivity contribution in [1.29, 1.82) is 0 Å². The average Bonchev–Trinajstić information content (AvgIpc) is 2.88. The average molecular weight is 493 g/mol. The van der Waals surface area contributed by atoms with Crippen LogP contribution in [0.2, 0.25) is 0 Å². The molecule has 0 radical (unpaired) electrons. The van der Waals surface area contributed by atoms with Crippen molar-refractivity contribution in [3.8, 4) is 23.0 Å². The summed E-state index contributed by atoms with van der Waals surface area (Å²) in [6, 6.07) is 16.3. The Labute approximate surface area is 207 Å². The minimum Gasteiger partial charge on any atom is -0.565 e. The number of rotatable bonds is 6. The minimum atomic E-state index is -4.02. The van der Waals surface area contributed by atoms with Crippen molar-refractivity contribution in [2.75, 3.05) is 20.8 Å². The van der Waals surface area contributed by atoms with E-state index < -0.39 is 10.1 Å². The molecular weight excluding hydrogens is 465 g/mol. The molecule has 0 fully saturated rings. The molecule has 2 heterocycles. The highest BCUT2D eigenvalue weighted by Crippen LogP contribution is 2.51. The van der Waals surface area contributed by atoms with Gasteiger partial charge < -0.3 is 18.3 Å². The molecule has 0 aliphatic carbocycles. The number of hydrogen-bond acceptors (Lipinski definition) is 7. The zero-order valence-electron chi connectivity index (χ0n) is 20.3. The van der Waals surface area contributed by atoms with Crippen molar-refractivity contribution in [1.82, 2.24) is 4.90 Å². The molecule has 9 heteroatoms. The van der Waals surface area contributed by atoms with E-state index in [1.807, 2.05) is 6.07 Å². The molecule has 35 heavy (non-hydrogen) atoms. The minimum absolute atomic E-state index is 0.0867. The van der Waals surface area contributed by atoms with Crippen LogP contribution in [-0.2, 0) is 23.1 Å². The third-order valence-corrected chi connectivity index (χ3v) is 8.29. The lowest BCUT2D eigenvalue weighted by Gasteiger charge is -2.45. The van der Waals surface area contributed by atoms with Gasteiger partial charge in [0.05, 0.1) is 14.2 Å². The zero-order valence-corrected chi connectivity index (χ0v) is 21.1. The first-order valence-corrected chi connectivity index (χ1v) is 13.0. The number of methoxy groups -OCH3 is 2. The number of benzene rings is 3. The fourth-order valence-corrected chi connectivity index (χ4v) is 6.36. The van der Waals surface area contributed by atoms with Crippen molar-refractivity contribution >= 4 is 18.2 Å². The largest absolute Gasteiger partial charge is 0.565 e. The third-order valence-electron chi connectivity index (χ3n) is 7.06. The predicted octanol–water partition coefficient (Wildman–Crippen LogP) is 3.61. The van der Waals surface area contributed by atoms with Crippen molar-refractivity contribution < 1.29 is 26.7 Å². The highest BCUT2D eigenvalue weighted by atomic mass is 32.2. The number of hydrogen-bond donors (Lipinski definition) is 0. The summed E-state index contributed by atoms with van der Waals surface area (Å²) in [5.74, 6) is 2.19. The van der Waals surface area contributed by atoms with Gasteiger partial charge in [-0.05, 0) is 53.4 Å². The first-order valence-electron chi connectivity index (χ1n) is 11.6. The molecule has 0 spiro atoms. The van der Waals surface area contributed by atoms with Crippen LogP contribution in [-0.4, -0.2) is 42.1 Å². The summed E-state index contributed by atoms with van der Waals surface area (Å²) in [5, 5.41) is 0. The van der Waals surface area contributed by atoms with Gasteiger partial charge in [0.25, 0.3) is 0 Å². The molecule has 0 aromatic heterocycles. The van der Waals surface area contributed by atoms with Crippen molar-refractivity contribution in [2.24, 2.45) is 0 Å². The summed E-state index contributed by atoms with van der Waals surface area (Å²) in [4.78, 5) is 2.48. The van der Waals surface area contributed by atoms with Gasteiger partial charge in [0.15, 0.2) is 17.2 Å². The lowest BCUT2D eigenvalue weighted by Crippen LogP contribution is -2.41. The van der Waals surface area contributed by atoms with Gasteiger partial charge in [-0.2, -0.15) is 8.42 Å². The second-order valence-electron chi connectivity index (χ2n) is 8.88.